The van der Waals surface area contributed by atoms with Gasteiger partial charge in [0, 0.05) is 29.4 Å². The molecule has 0 heterocycles. The Morgan fingerprint density at radius 2 is 1.57 bits per heavy atom. The van der Waals surface area contributed by atoms with E-state index in [0.29, 0.717) is 16.4 Å². The molecule has 0 spiro atoms. The fourth-order valence-electron chi connectivity index (χ4n) is 3.17. The molecule has 0 saturated carbocycles. The molecule has 0 aliphatic carbocycles. The normalized spacial score (nSPS) is 11.6. The van der Waals surface area contributed by atoms with Crippen LogP contribution in [0.4, 0.5) is 21.5 Å². The van der Waals surface area contributed by atoms with E-state index in [1.54, 1.807) is 18.2 Å². The summed E-state index contributed by atoms with van der Waals surface area (Å²) < 4.78 is 65.8. The van der Waals surface area contributed by atoms with Crippen molar-refractivity contribution in [3.63, 3.8) is 0 Å². The van der Waals surface area contributed by atoms with Gasteiger partial charge >= 0.3 is 0 Å². The lowest BCUT2D eigenvalue weighted by Gasteiger charge is -2.22. The average molecular weight is 540 g/mol. The fourth-order valence-corrected chi connectivity index (χ4v) is 5.37. The third-order valence-corrected chi connectivity index (χ3v) is 7.63. The summed E-state index contributed by atoms with van der Waals surface area (Å²) in [5.41, 5.74) is 1.00. The molecule has 3 rings (SSSR count). The van der Waals surface area contributed by atoms with Gasteiger partial charge in [0.05, 0.1) is 16.8 Å². The van der Waals surface area contributed by atoms with E-state index in [0.717, 1.165) is 18.4 Å². The van der Waals surface area contributed by atoms with Gasteiger partial charge in [-0.2, -0.15) is 0 Å². The van der Waals surface area contributed by atoms with Gasteiger partial charge in [0.1, 0.15) is 5.82 Å². The van der Waals surface area contributed by atoms with Gasteiger partial charge in [-0.25, -0.2) is 21.2 Å². The Hall–Kier alpha value is -3.15. The van der Waals surface area contributed by atoms with Gasteiger partial charge in [0.2, 0.25) is 15.9 Å². The zero-order valence-electron chi connectivity index (χ0n) is 18.6. The number of rotatable bonds is 10. The SMILES string of the molecule is CS(=O)(=O)N(CCCC(=O)Nc1ccc(S(=O)(=O)Nc2ccc(F)cc2)cc1)c1cccc(Cl)c1. The van der Waals surface area contributed by atoms with Crippen molar-refractivity contribution in [1.82, 2.24) is 0 Å². The zero-order valence-corrected chi connectivity index (χ0v) is 21.0. The quantitative estimate of drug-likeness (QED) is 0.395. The summed E-state index contributed by atoms with van der Waals surface area (Å²) in [6.07, 6.45) is 1.37. The minimum absolute atomic E-state index is 0.0369. The third-order valence-electron chi connectivity index (χ3n) is 4.81. The molecule has 35 heavy (non-hydrogen) atoms. The molecule has 0 aromatic heterocycles. The molecule has 1 amide bonds. The molecule has 8 nitrogen and oxygen atoms in total. The molecule has 0 saturated heterocycles. The number of anilines is 3. The Labute approximate surface area is 208 Å². The van der Waals surface area contributed by atoms with Crippen molar-refractivity contribution in [2.45, 2.75) is 17.7 Å². The highest BCUT2D eigenvalue weighted by molar-refractivity contribution is 7.92. The number of hydrogen-bond acceptors (Lipinski definition) is 5. The maximum absolute atomic E-state index is 13.0. The minimum atomic E-state index is -3.90. The molecule has 12 heteroatoms. The number of sulfonamides is 2. The topological polar surface area (TPSA) is 113 Å². The first-order chi connectivity index (χ1) is 16.4. The van der Waals surface area contributed by atoms with Crippen molar-refractivity contribution in [3.05, 3.63) is 83.6 Å². The van der Waals surface area contributed by atoms with Gasteiger partial charge in [0.25, 0.3) is 10.0 Å². The second kappa shape index (κ2) is 11.1. The molecule has 0 aliphatic heterocycles. The van der Waals surface area contributed by atoms with Crippen LogP contribution in [-0.4, -0.2) is 35.5 Å². The van der Waals surface area contributed by atoms with Gasteiger partial charge < -0.3 is 5.32 Å². The van der Waals surface area contributed by atoms with Gasteiger partial charge in [-0.3, -0.25) is 13.8 Å². The number of nitrogens with one attached hydrogen (secondary N) is 2. The van der Waals surface area contributed by atoms with Gasteiger partial charge in [-0.05, 0) is 73.2 Å². The average Bonchev–Trinajstić information content (AvgIpc) is 2.77. The van der Waals surface area contributed by atoms with Crippen LogP contribution in [0.15, 0.2) is 77.7 Å². The molecule has 186 valence electrons. The van der Waals surface area contributed by atoms with E-state index < -0.39 is 25.9 Å². The minimum Gasteiger partial charge on any atom is -0.326 e. The standard InChI is InChI=1S/C23H23ClFN3O5S2/c1-34(30,31)28(21-5-2-4-17(24)16-21)15-3-6-23(29)26-19-11-13-22(14-12-19)35(32,33)27-20-9-7-18(25)8-10-20/h2,4-5,7-14,16,27H,3,6,15H2,1H3,(H,26,29). The third kappa shape index (κ3) is 7.67. The molecule has 3 aromatic carbocycles. The number of benzene rings is 3. The number of halogens is 2. The lowest BCUT2D eigenvalue weighted by Crippen LogP contribution is -2.31. The Kier molecular flexibility index (Phi) is 8.36. The molecule has 2 N–H and O–H groups in total. The second-order valence-electron chi connectivity index (χ2n) is 7.60. The van der Waals surface area contributed by atoms with Crippen molar-refractivity contribution >= 4 is 54.6 Å². The number of carbonyl (C=O) groups is 1. The number of amides is 1. The smallest absolute Gasteiger partial charge is 0.261 e. The van der Waals surface area contributed by atoms with E-state index in [9.17, 15) is 26.0 Å². The predicted octanol–water partition coefficient (Wildman–Crippen LogP) is 4.46. The van der Waals surface area contributed by atoms with Crippen LogP contribution < -0.4 is 14.3 Å². The molecule has 0 atom stereocenters. The molecule has 0 unspecified atom stereocenters. The van der Waals surface area contributed by atoms with Gasteiger partial charge in [-0.15, -0.1) is 0 Å². The summed E-state index contributed by atoms with van der Waals surface area (Å²) in [6.45, 7) is 0.0822. The van der Waals surface area contributed by atoms with Crippen LogP contribution in [0, 0.1) is 5.82 Å². The Morgan fingerprint density at radius 1 is 0.943 bits per heavy atom. The molecule has 0 fully saturated rings. The van der Waals surface area contributed by atoms with Crippen molar-refractivity contribution in [2.75, 3.05) is 27.1 Å². The maximum Gasteiger partial charge on any atom is 0.261 e. The fraction of sp³-hybridized carbons (Fsp3) is 0.174. The van der Waals surface area contributed by atoms with E-state index in [1.165, 1.54) is 46.8 Å². The lowest BCUT2D eigenvalue weighted by atomic mass is 10.2. The van der Waals surface area contributed by atoms with E-state index in [1.807, 2.05) is 0 Å². The highest BCUT2D eigenvalue weighted by Crippen LogP contribution is 2.23. The summed E-state index contributed by atoms with van der Waals surface area (Å²) in [7, 11) is -7.47. The summed E-state index contributed by atoms with van der Waals surface area (Å²) in [5, 5.41) is 3.05. The van der Waals surface area contributed by atoms with Crippen LogP contribution in [0.5, 0.6) is 0 Å². The van der Waals surface area contributed by atoms with Crippen molar-refractivity contribution in [1.29, 1.82) is 0 Å². The van der Waals surface area contributed by atoms with Crippen molar-refractivity contribution < 1.29 is 26.0 Å². The second-order valence-corrected chi connectivity index (χ2v) is 11.6. The summed E-state index contributed by atoms with van der Waals surface area (Å²) in [6, 6.07) is 16.8. The van der Waals surface area contributed by atoms with Gasteiger partial charge in [0.15, 0.2) is 0 Å². The van der Waals surface area contributed by atoms with Crippen LogP contribution in [-0.2, 0) is 24.8 Å². The van der Waals surface area contributed by atoms with E-state index >= 15 is 0 Å². The van der Waals surface area contributed by atoms with Gasteiger partial charge in [-0.1, -0.05) is 17.7 Å². The first kappa shape index (κ1) is 26.5. The lowest BCUT2D eigenvalue weighted by molar-refractivity contribution is -0.116. The van der Waals surface area contributed by atoms with Crippen LogP contribution in [0.2, 0.25) is 5.02 Å². The monoisotopic (exact) mass is 539 g/mol. The zero-order chi connectivity index (χ0) is 25.6. The van der Waals surface area contributed by atoms with E-state index in [2.05, 4.69) is 10.0 Å². The number of nitrogens with zero attached hydrogens (tertiary/aromatic N) is 1. The Morgan fingerprint density at radius 3 is 2.17 bits per heavy atom. The van der Waals surface area contributed by atoms with Crippen molar-refractivity contribution in [2.24, 2.45) is 0 Å². The van der Waals surface area contributed by atoms with Crippen LogP contribution >= 0.6 is 11.6 Å². The van der Waals surface area contributed by atoms with Crippen molar-refractivity contribution in [3.8, 4) is 0 Å². The van der Waals surface area contributed by atoms with E-state index in [4.69, 9.17) is 11.6 Å². The molecule has 0 radical (unpaired) electrons. The predicted molar refractivity (Wildman–Crippen MR) is 135 cm³/mol. The van der Waals surface area contributed by atoms with Crippen LogP contribution in [0.3, 0.4) is 0 Å². The highest BCUT2D eigenvalue weighted by atomic mass is 35.5. The molecular formula is C23H23ClFN3O5S2. The Balaban J connectivity index is 1.56. The first-order valence-electron chi connectivity index (χ1n) is 10.4. The summed E-state index contributed by atoms with van der Waals surface area (Å²) in [5.74, 6) is -0.842. The van der Waals surface area contributed by atoms with Crippen LogP contribution in [0.25, 0.3) is 0 Å². The summed E-state index contributed by atoms with van der Waals surface area (Å²) >= 11 is 5.96. The number of carbonyl (C=O) groups excluding carboxylic acids is 1. The first-order valence-corrected chi connectivity index (χ1v) is 14.1. The Bertz CT molecular complexity index is 1400. The molecule has 0 aliphatic rings. The maximum atomic E-state index is 13.0. The largest absolute Gasteiger partial charge is 0.326 e. The molecule has 3 aromatic rings. The summed E-state index contributed by atoms with van der Waals surface area (Å²) in [4.78, 5) is 12.3. The van der Waals surface area contributed by atoms with E-state index in [-0.39, 0.29) is 35.9 Å². The van der Waals surface area contributed by atoms with Crippen LogP contribution in [0.1, 0.15) is 12.8 Å². The molecule has 0 bridgehead atoms. The number of hydrogen-bond donors (Lipinski definition) is 2. The molecular weight excluding hydrogens is 517 g/mol. The highest BCUT2D eigenvalue weighted by Gasteiger charge is 2.18.